The second kappa shape index (κ2) is 7.95. The predicted molar refractivity (Wildman–Crippen MR) is 91.8 cm³/mol. The van der Waals surface area contributed by atoms with Crippen molar-refractivity contribution in [2.24, 2.45) is 11.8 Å². The Morgan fingerprint density at radius 2 is 1.88 bits per heavy atom. The molecule has 0 radical (unpaired) electrons. The second-order valence-corrected chi connectivity index (χ2v) is 7.33. The summed E-state index contributed by atoms with van der Waals surface area (Å²) in [6.07, 6.45) is 6.25. The summed E-state index contributed by atoms with van der Waals surface area (Å²) in [5, 5.41) is 14.5. The minimum Gasteiger partial charge on any atom is -0.446 e. The van der Waals surface area contributed by atoms with Gasteiger partial charge in [-0.05, 0) is 49.7 Å². The lowest BCUT2D eigenvalue weighted by atomic mass is 9.63. The van der Waals surface area contributed by atoms with Gasteiger partial charge in [-0.3, -0.25) is 10.2 Å². The quantitative estimate of drug-likeness (QED) is 0.408. The van der Waals surface area contributed by atoms with Crippen molar-refractivity contribution >= 4 is 23.8 Å². The molecule has 2 saturated heterocycles. The van der Waals surface area contributed by atoms with Crippen LogP contribution in [-0.4, -0.2) is 47.8 Å². The molecular formula is C16H27N3O4S. The van der Waals surface area contributed by atoms with Crippen LogP contribution in [0, 0.1) is 11.8 Å². The topological polar surface area (TPSA) is 91.9 Å². The number of carbonyl (C=O) groups is 1. The van der Waals surface area contributed by atoms with E-state index in [0.717, 1.165) is 44.9 Å². The van der Waals surface area contributed by atoms with Crippen molar-refractivity contribution in [2.75, 3.05) is 13.2 Å². The van der Waals surface area contributed by atoms with Gasteiger partial charge >= 0.3 is 0 Å². The van der Waals surface area contributed by atoms with Gasteiger partial charge in [-0.1, -0.05) is 19.3 Å². The van der Waals surface area contributed by atoms with Gasteiger partial charge in [0.25, 0.3) is 5.17 Å². The normalized spacial score (nSPS) is 30.0. The zero-order valence-corrected chi connectivity index (χ0v) is 14.6. The molecule has 7 nitrogen and oxygen atoms in total. The van der Waals surface area contributed by atoms with E-state index < -0.39 is 17.9 Å². The van der Waals surface area contributed by atoms with Gasteiger partial charge < -0.3 is 19.9 Å². The third kappa shape index (κ3) is 3.37. The summed E-state index contributed by atoms with van der Waals surface area (Å²) >= 11 is 5.00. The summed E-state index contributed by atoms with van der Waals surface area (Å²) in [6, 6.07) is 0. The molecule has 24 heavy (non-hydrogen) atoms. The van der Waals surface area contributed by atoms with Crippen LogP contribution < -0.4 is 16.2 Å². The molecule has 8 heteroatoms. The maximum absolute atomic E-state index is 11.5. The van der Waals surface area contributed by atoms with Gasteiger partial charge in [-0.15, -0.1) is 0 Å². The lowest BCUT2D eigenvalue weighted by molar-refractivity contribution is -0.130. The number of aliphatic hydroxyl groups excluding tert-OH is 1. The fraction of sp³-hybridized carbons (Fsp3) is 0.875. The Kier molecular flexibility index (Phi) is 5.91. The number of ether oxygens (including phenoxy) is 2. The molecule has 1 amide bonds. The van der Waals surface area contributed by atoms with E-state index in [4.69, 9.17) is 21.7 Å². The van der Waals surface area contributed by atoms with Crippen molar-refractivity contribution in [2.45, 2.75) is 62.8 Å². The molecule has 2 heterocycles. The van der Waals surface area contributed by atoms with E-state index in [0.29, 0.717) is 13.2 Å². The highest BCUT2D eigenvalue weighted by molar-refractivity contribution is 7.80. The predicted octanol–water partition coefficient (Wildman–Crippen LogP) is 0.574. The molecule has 136 valence electrons. The highest BCUT2D eigenvalue weighted by Gasteiger charge is 2.54. The summed E-state index contributed by atoms with van der Waals surface area (Å²) < 4.78 is 11.0. The summed E-state index contributed by atoms with van der Waals surface area (Å²) in [6.45, 7) is 1.31. The van der Waals surface area contributed by atoms with Crippen LogP contribution in [0.25, 0.3) is 0 Å². The van der Waals surface area contributed by atoms with Crippen molar-refractivity contribution in [3.63, 3.8) is 0 Å². The third-order valence-electron chi connectivity index (χ3n) is 5.81. The number of hydrogen-bond acceptors (Lipinski definition) is 6. The van der Waals surface area contributed by atoms with Crippen LogP contribution >= 0.6 is 12.2 Å². The van der Waals surface area contributed by atoms with Crippen LogP contribution in [-0.2, 0) is 14.3 Å². The molecule has 3 unspecified atom stereocenters. The second-order valence-electron chi connectivity index (χ2n) is 6.96. The van der Waals surface area contributed by atoms with Gasteiger partial charge in [-0.2, -0.15) is 5.43 Å². The molecule has 0 aromatic heterocycles. The summed E-state index contributed by atoms with van der Waals surface area (Å²) in [7, 11) is 0. The highest BCUT2D eigenvalue weighted by Crippen LogP contribution is 2.44. The average Bonchev–Trinajstić information content (AvgIpc) is 3.07. The Morgan fingerprint density at radius 3 is 2.46 bits per heavy atom. The molecule has 3 fully saturated rings. The lowest BCUT2D eigenvalue weighted by Crippen LogP contribution is -2.69. The highest BCUT2D eigenvalue weighted by atomic mass is 32.1. The first-order chi connectivity index (χ1) is 11.7. The number of amides is 1. The molecule has 0 bridgehead atoms. The molecule has 3 atom stereocenters. The lowest BCUT2D eigenvalue weighted by Gasteiger charge is -2.52. The van der Waals surface area contributed by atoms with E-state index in [9.17, 15) is 9.90 Å². The Labute approximate surface area is 147 Å². The van der Waals surface area contributed by atoms with Gasteiger partial charge in [0, 0.05) is 13.2 Å². The van der Waals surface area contributed by atoms with Gasteiger partial charge in [0.05, 0.1) is 5.54 Å². The van der Waals surface area contributed by atoms with Crippen molar-refractivity contribution in [3.8, 4) is 0 Å². The van der Waals surface area contributed by atoms with Crippen LogP contribution in [0.3, 0.4) is 0 Å². The first kappa shape index (κ1) is 17.8. The van der Waals surface area contributed by atoms with Crippen LogP contribution in [0.5, 0.6) is 0 Å². The smallest absolute Gasteiger partial charge is 0.273 e. The standard InChI is InChI=1S/C16H27N3O4S/c20-10-17-16(11-4-2-1-3-5-11,12-6-8-22-9-7-12)13(21)14-18-19-15(24)23-14/h10-14,18,21H,1-9H2,(H,17,20)(H,19,24). The molecule has 0 aromatic rings. The molecule has 0 spiro atoms. The van der Waals surface area contributed by atoms with Crippen LogP contribution in [0.15, 0.2) is 0 Å². The SMILES string of the molecule is O=CNC(C1CCCCC1)(C1CCOCC1)C(O)C1NNC(=S)O1. The molecule has 3 rings (SSSR count). The van der Waals surface area contributed by atoms with Gasteiger partial charge in [0.2, 0.25) is 6.41 Å². The van der Waals surface area contributed by atoms with E-state index in [1.165, 1.54) is 6.42 Å². The van der Waals surface area contributed by atoms with Crippen molar-refractivity contribution in [1.82, 2.24) is 16.2 Å². The summed E-state index contributed by atoms with van der Waals surface area (Å²) in [5.41, 5.74) is 4.90. The summed E-state index contributed by atoms with van der Waals surface area (Å²) in [5.74, 6) is 0.364. The summed E-state index contributed by atoms with van der Waals surface area (Å²) in [4.78, 5) is 11.5. The fourth-order valence-electron chi connectivity index (χ4n) is 4.69. The van der Waals surface area contributed by atoms with Crippen LogP contribution in [0.4, 0.5) is 0 Å². The first-order valence-electron chi connectivity index (χ1n) is 8.87. The van der Waals surface area contributed by atoms with Gasteiger partial charge in [0.1, 0.15) is 6.10 Å². The van der Waals surface area contributed by atoms with Crippen molar-refractivity contribution in [3.05, 3.63) is 0 Å². The number of nitrogens with one attached hydrogen (secondary N) is 3. The number of aliphatic hydroxyl groups is 1. The first-order valence-corrected chi connectivity index (χ1v) is 9.28. The minimum atomic E-state index is -0.901. The Hall–Kier alpha value is -0.960. The number of thiocarbonyl (C=S) groups is 1. The third-order valence-corrected chi connectivity index (χ3v) is 6.01. The number of hydrazine groups is 1. The zero-order chi connectivity index (χ0) is 17.0. The molecule has 1 aliphatic carbocycles. The maximum Gasteiger partial charge on any atom is 0.273 e. The monoisotopic (exact) mass is 357 g/mol. The van der Waals surface area contributed by atoms with Gasteiger partial charge in [-0.25, -0.2) is 0 Å². The van der Waals surface area contributed by atoms with E-state index in [-0.39, 0.29) is 17.0 Å². The molecule has 4 N–H and O–H groups in total. The Morgan fingerprint density at radius 1 is 1.21 bits per heavy atom. The van der Waals surface area contributed by atoms with Crippen molar-refractivity contribution < 1.29 is 19.4 Å². The number of carbonyl (C=O) groups excluding carboxylic acids is 1. The largest absolute Gasteiger partial charge is 0.446 e. The maximum atomic E-state index is 11.5. The molecular weight excluding hydrogens is 330 g/mol. The molecule has 0 aromatic carbocycles. The average molecular weight is 357 g/mol. The van der Waals surface area contributed by atoms with Crippen molar-refractivity contribution in [1.29, 1.82) is 0 Å². The van der Waals surface area contributed by atoms with E-state index >= 15 is 0 Å². The minimum absolute atomic E-state index is 0.147. The van der Waals surface area contributed by atoms with E-state index in [2.05, 4.69) is 16.2 Å². The van der Waals surface area contributed by atoms with E-state index in [1.54, 1.807) is 0 Å². The van der Waals surface area contributed by atoms with Gasteiger partial charge in [0.15, 0.2) is 6.23 Å². The fourth-order valence-corrected chi connectivity index (χ4v) is 4.86. The molecule has 1 saturated carbocycles. The van der Waals surface area contributed by atoms with E-state index in [1.807, 2.05) is 0 Å². The zero-order valence-electron chi connectivity index (χ0n) is 13.8. The number of hydrogen-bond donors (Lipinski definition) is 4. The Balaban J connectivity index is 1.92. The van der Waals surface area contributed by atoms with Crippen LogP contribution in [0.1, 0.15) is 44.9 Å². The molecule has 3 aliphatic rings. The molecule has 2 aliphatic heterocycles. The van der Waals surface area contributed by atoms with Crippen LogP contribution in [0.2, 0.25) is 0 Å². The Bertz CT molecular complexity index is 435. The number of rotatable bonds is 6.